The highest BCUT2D eigenvalue weighted by atomic mass is 16.7. The molecule has 18 unspecified atom stereocenters. The SMILES string of the molecule is C/C(=C\C(C)C1OC(C)(CCC(C)(O)C2CC(O)C(C)C3(OC(C4OC(O)(CO)C(C)CC4C)CC3C)O2)CC(O)C1C)CC(=O)C(C)CC(C)C(=O)O. The van der Waals surface area contributed by atoms with Crippen LogP contribution in [0.1, 0.15) is 128 Å². The Hall–Kier alpha value is -1.48. The predicted molar refractivity (Wildman–Crippen MR) is 202 cm³/mol. The number of ketones is 1. The van der Waals surface area contributed by atoms with E-state index >= 15 is 0 Å². The number of rotatable bonds is 14. The van der Waals surface area contributed by atoms with Crippen molar-refractivity contribution in [2.45, 2.75) is 187 Å². The van der Waals surface area contributed by atoms with Gasteiger partial charge >= 0.3 is 5.97 Å². The molecule has 4 saturated heterocycles. The fourth-order valence-electron chi connectivity index (χ4n) is 9.82. The molecule has 0 aromatic rings. The zero-order valence-electron chi connectivity index (χ0n) is 34.7. The van der Waals surface area contributed by atoms with Crippen LogP contribution >= 0.6 is 0 Å². The van der Waals surface area contributed by atoms with E-state index < -0.39 is 77.7 Å². The summed E-state index contributed by atoms with van der Waals surface area (Å²) in [5.74, 6) is -5.83. The van der Waals surface area contributed by atoms with Crippen molar-refractivity contribution in [1.29, 1.82) is 0 Å². The van der Waals surface area contributed by atoms with Crippen LogP contribution in [-0.4, -0.2) is 108 Å². The number of hydrogen-bond donors (Lipinski definition) is 6. The van der Waals surface area contributed by atoms with Gasteiger partial charge in [-0.1, -0.05) is 67.0 Å². The average Bonchev–Trinajstić information content (AvgIpc) is 3.41. The predicted octanol–water partition coefficient (Wildman–Crippen LogP) is 5.00. The first-order valence-corrected chi connectivity index (χ1v) is 20.4. The molecule has 0 amide bonds. The number of allylic oxidation sites excluding steroid dienone is 1. The summed E-state index contributed by atoms with van der Waals surface area (Å²) in [4.78, 5) is 24.2. The minimum atomic E-state index is -1.67. The lowest BCUT2D eigenvalue weighted by Gasteiger charge is -2.52. The smallest absolute Gasteiger partial charge is 0.306 e. The monoisotopic (exact) mass is 769 g/mol. The van der Waals surface area contributed by atoms with Gasteiger partial charge in [-0.3, -0.25) is 9.59 Å². The third-order valence-corrected chi connectivity index (χ3v) is 13.8. The Bertz CT molecular complexity index is 1340. The molecule has 54 heavy (non-hydrogen) atoms. The highest BCUT2D eigenvalue weighted by Gasteiger charge is 2.62. The molecule has 4 heterocycles. The molecule has 1 spiro atoms. The van der Waals surface area contributed by atoms with E-state index in [9.17, 15) is 40.2 Å². The second kappa shape index (κ2) is 17.2. The molecule has 6 N–H and O–H groups in total. The van der Waals surface area contributed by atoms with Crippen LogP contribution in [0.2, 0.25) is 0 Å². The Balaban J connectivity index is 1.43. The van der Waals surface area contributed by atoms with Crippen molar-refractivity contribution in [3.05, 3.63) is 11.6 Å². The largest absolute Gasteiger partial charge is 0.481 e. The van der Waals surface area contributed by atoms with Gasteiger partial charge in [0.25, 0.3) is 0 Å². The second-order valence-electron chi connectivity index (χ2n) is 18.8. The van der Waals surface area contributed by atoms with Crippen molar-refractivity contribution >= 4 is 11.8 Å². The number of Topliss-reactive ketones (excluding diaryl/α,β-unsaturated/α-hetero) is 1. The van der Waals surface area contributed by atoms with Crippen LogP contribution in [0.3, 0.4) is 0 Å². The van der Waals surface area contributed by atoms with Crippen LogP contribution in [0.4, 0.5) is 0 Å². The maximum atomic E-state index is 12.9. The molecule has 0 bridgehead atoms. The van der Waals surface area contributed by atoms with E-state index in [0.29, 0.717) is 25.7 Å². The van der Waals surface area contributed by atoms with E-state index in [4.69, 9.17) is 18.9 Å². The first kappa shape index (κ1) is 45.2. The number of ether oxygens (including phenoxy) is 4. The van der Waals surface area contributed by atoms with Crippen LogP contribution in [-0.2, 0) is 28.5 Å². The van der Waals surface area contributed by atoms with Crippen LogP contribution in [0.15, 0.2) is 11.6 Å². The van der Waals surface area contributed by atoms with Gasteiger partial charge in [0.05, 0.1) is 60.4 Å². The minimum absolute atomic E-state index is 0.00620. The Kier molecular flexibility index (Phi) is 14.4. The molecular formula is C42H72O12. The van der Waals surface area contributed by atoms with Crippen molar-refractivity contribution in [1.82, 2.24) is 0 Å². The first-order valence-electron chi connectivity index (χ1n) is 20.4. The number of hydrogen-bond acceptors (Lipinski definition) is 11. The van der Waals surface area contributed by atoms with E-state index in [2.05, 4.69) is 0 Å². The molecule has 0 aliphatic carbocycles. The van der Waals surface area contributed by atoms with Gasteiger partial charge in [-0.05, 0) is 58.8 Å². The summed E-state index contributed by atoms with van der Waals surface area (Å²) >= 11 is 0. The fraction of sp³-hybridized carbons (Fsp3) is 0.905. The third-order valence-electron chi connectivity index (χ3n) is 13.8. The van der Waals surface area contributed by atoms with E-state index in [1.807, 2.05) is 61.5 Å². The maximum absolute atomic E-state index is 12.9. The number of carboxylic acids is 1. The Labute approximate surface area is 323 Å². The zero-order valence-corrected chi connectivity index (χ0v) is 34.7. The molecule has 4 fully saturated rings. The number of carbonyl (C=O) groups is 2. The summed E-state index contributed by atoms with van der Waals surface area (Å²) in [5.41, 5.74) is -1.29. The number of aliphatic hydroxyl groups excluding tert-OH is 3. The van der Waals surface area contributed by atoms with Gasteiger partial charge in [0, 0.05) is 54.8 Å². The summed E-state index contributed by atoms with van der Waals surface area (Å²) in [7, 11) is 0. The van der Waals surface area contributed by atoms with Gasteiger partial charge in [0.2, 0.25) is 0 Å². The van der Waals surface area contributed by atoms with E-state index in [1.165, 1.54) is 0 Å². The highest BCUT2D eigenvalue weighted by molar-refractivity contribution is 5.83. The molecule has 0 radical (unpaired) electrons. The van der Waals surface area contributed by atoms with Gasteiger partial charge in [-0.25, -0.2) is 0 Å². The van der Waals surface area contributed by atoms with Crippen LogP contribution < -0.4 is 0 Å². The summed E-state index contributed by atoms with van der Waals surface area (Å²) < 4.78 is 26.5. The fourth-order valence-corrected chi connectivity index (χ4v) is 9.82. The van der Waals surface area contributed by atoms with Gasteiger partial charge in [-0.15, -0.1) is 0 Å². The lowest BCUT2D eigenvalue weighted by Crippen LogP contribution is -2.61. The molecule has 0 aromatic carbocycles. The average molecular weight is 769 g/mol. The Morgan fingerprint density at radius 3 is 2.19 bits per heavy atom. The highest BCUT2D eigenvalue weighted by Crippen LogP contribution is 2.53. The molecule has 4 aliphatic heterocycles. The maximum Gasteiger partial charge on any atom is 0.306 e. The number of carboxylic acid groups (broad SMARTS) is 1. The molecule has 12 nitrogen and oxygen atoms in total. The summed E-state index contributed by atoms with van der Waals surface area (Å²) in [6, 6.07) is 0. The number of carbonyl (C=O) groups excluding carboxylic acids is 1. The lowest BCUT2D eigenvalue weighted by molar-refractivity contribution is -0.368. The first-order chi connectivity index (χ1) is 24.9. The van der Waals surface area contributed by atoms with Gasteiger partial charge in [0.15, 0.2) is 11.6 Å². The minimum Gasteiger partial charge on any atom is -0.481 e. The lowest BCUT2D eigenvalue weighted by atomic mass is 9.74. The molecule has 0 aromatic heterocycles. The standard InChI is InChI=1S/C42H72O12/c1-22(15-31(44)23(2)16-26(5)38(47)48)14-24(3)36-29(8)33(46)20-39(10,53-36)12-13-40(11,49)35-19-32(45)30(9)42(52-35)28(7)18-34(51-42)37-25(4)17-27(6)41(50,21-43)54-37/h14,23-30,32-37,43,45-46,49-50H,12-13,15-21H2,1-11H3,(H,47,48)/b22-14+. The topological polar surface area (TPSA) is 192 Å². The molecule has 312 valence electrons. The molecule has 4 rings (SSSR count). The van der Waals surface area contributed by atoms with Crippen molar-refractivity contribution in [3.63, 3.8) is 0 Å². The van der Waals surface area contributed by atoms with Gasteiger partial charge < -0.3 is 49.6 Å². The zero-order chi connectivity index (χ0) is 40.7. The van der Waals surface area contributed by atoms with Crippen LogP contribution in [0.5, 0.6) is 0 Å². The van der Waals surface area contributed by atoms with Crippen molar-refractivity contribution in [2.75, 3.05) is 6.61 Å². The summed E-state index contributed by atoms with van der Waals surface area (Å²) in [6.45, 7) is 20.2. The van der Waals surface area contributed by atoms with Crippen molar-refractivity contribution in [3.8, 4) is 0 Å². The molecule has 18 atom stereocenters. The van der Waals surface area contributed by atoms with E-state index in [-0.39, 0.29) is 73.1 Å². The van der Waals surface area contributed by atoms with Crippen molar-refractivity contribution in [2.24, 2.45) is 47.3 Å². The van der Waals surface area contributed by atoms with E-state index in [1.54, 1.807) is 20.8 Å². The van der Waals surface area contributed by atoms with Gasteiger partial charge in [0.1, 0.15) is 5.78 Å². The number of aliphatic hydroxyl groups is 5. The second-order valence-corrected chi connectivity index (χ2v) is 18.8. The van der Waals surface area contributed by atoms with Crippen LogP contribution in [0.25, 0.3) is 0 Å². The molecule has 12 heteroatoms. The molecule has 4 aliphatic rings. The van der Waals surface area contributed by atoms with Crippen molar-refractivity contribution < 1.29 is 59.2 Å². The van der Waals surface area contributed by atoms with Crippen LogP contribution in [0, 0.1) is 47.3 Å². The third kappa shape index (κ3) is 9.61. The number of aliphatic carboxylic acids is 1. The molecule has 0 saturated carbocycles. The Morgan fingerprint density at radius 1 is 0.926 bits per heavy atom. The van der Waals surface area contributed by atoms with Gasteiger partial charge in [-0.2, -0.15) is 0 Å². The summed E-state index contributed by atoms with van der Waals surface area (Å²) in [6.07, 6.45) is 1.49. The normalized spacial score (nSPS) is 44.7. The Morgan fingerprint density at radius 2 is 1.57 bits per heavy atom. The quantitative estimate of drug-likeness (QED) is 0.130. The molecular weight excluding hydrogens is 696 g/mol. The summed E-state index contributed by atoms with van der Waals surface area (Å²) in [5, 5.41) is 65.0. The van der Waals surface area contributed by atoms with E-state index in [0.717, 1.165) is 5.57 Å².